The number of nitrogens with zero attached hydrogens (tertiary/aromatic N) is 6. The SMILES string of the molecule is C=Cc1c(/C=C\C)n(C)c2cc3c4ccccc4n(C)c3cc12.Cn1c2ccccc2c2cc3c4ccccc4n(C)c3cc21.Cn1c2ccccc2c2ccc3c4ccccc4n(C)c3c21. The van der Waals surface area contributed by atoms with Gasteiger partial charge in [-0.05, 0) is 67.6 Å². The third-order valence-electron chi connectivity index (χ3n) is 14.7. The molecule has 6 heterocycles. The van der Waals surface area contributed by atoms with Crippen molar-refractivity contribution >= 4 is 132 Å². The molecule has 0 saturated carbocycles. The van der Waals surface area contributed by atoms with E-state index in [4.69, 9.17) is 0 Å². The van der Waals surface area contributed by atoms with Gasteiger partial charge in [-0.25, -0.2) is 0 Å². The maximum Gasteiger partial charge on any atom is 0.0736 e. The lowest BCUT2D eigenvalue weighted by atomic mass is 10.1. The predicted octanol–water partition coefficient (Wildman–Crippen LogP) is 15.5. The molecule has 6 nitrogen and oxygen atoms in total. The molecule has 0 spiro atoms. The van der Waals surface area contributed by atoms with E-state index in [1.807, 2.05) is 6.08 Å². The van der Waals surface area contributed by atoms with Gasteiger partial charge in [0.25, 0.3) is 0 Å². The zero-order valence-electron chi connectivity index (χ0n) is 39.1. The standard InChI is InChI=1S/C21H20N2.2C20H16N2/c1-5-9-18-14(6-2)16-12-21-17(13-20(16)22(18)3)15-10-7-8-11-19(15)23(21)4;1-21-17-9-5-3-7-13(17)15-11-16-14-8-4-6-10-18(14)22(2)20(16)12-19(15)21;1-21-17-9-5-3-7-13(17)15-11-12-16-14-8-4-6-10-18(14)22(2)20(16)19(15)21/h5-13H,2H2,1,3-4H3;2*3-12H,1-2H3/b9-5-;;. The van der Waals surface area contributed by atoms with Crippen LogP contribution in [-0.4, -0.2) is 27.4 Å². The summed E-state index contributed by atoms with van der Waals surface area (Å²) in [5.41, 5.74) is 16.6. The van der Waals surface area contributed by atoms with Crippen molar-refractivity contribution in [2.24, 2.45) is 42.3 Å². The van der Waals surface area contributed by atoms with E-state index in [1.54, 1.807) is 0 Å². The van der Waals surface area contributed by atoms with Crippen LogP contribution < -0.4 is 0 Å². The van der Waals surface area contributed by atoms with E-state index in [0.29, 0.717) is 0 Å². The fraction of sp³-hybridized carbons (Fsp3) is 0.115. The molecule has 6 aromatic heterocycles. The Morgan fingerprint density at radius 1 is 0.313 bits per heavy atom. The van der Waals surface area contributed by atoms with Crippen molar-refractivity contribution in [2.45, 2.75) is 6.92 Å². The number of allylic oxidation sites excluding steroid dienone is 1. The molecule has 0 atom stereocenters. The molecule has 326 valence electrons. The van der Waals surface area contributed by atoms with Crippen LogP contribution in [0.4, 0.5) is 0 Å². The molecule has 0 aliphatic carbocycles. The third kappa shape index (κ3) is 5.75. The second-order valence-electron chi connectivity index (χ2n) is 18.1. The maximum absolute atomic E-state index is 4.03. The first-order valence-corrected chi connectivity index (χ1v) is 23.1. The molecule has 0 N–H and O–H groups in total. The Morgan fingerprint density at radius 3 is 1.04 bits per heavy atom. The fourth-order valence-electron chi connectivity index (χ4n) is 11.4. The summed E-state index contributed by atoms with van der Waals surface area (Å²) >= 11 is 0. The Hall–Kier alpha value is -8.22. The average Bonchev–Trinajstić information content (AvgIpc) is 4.15. The summed E-state index contributed by atoms with van der Waals surface area (Å²) < 4.78 is 13.8. The molecular weight excluding hydrogens is 817 g/mol. The molecule has 0 aliphatic heterocycles. The van der Waals surface area contributed by atoms with Crippen molar-refractivity contribution in [1.82, 2.24) is 27.4 Å². The van der Waals surface area contributed by atoms with Crippen molar-refractivity contribution in [2.75, 3.05) is 0 Å². The van der Waals surface area contributed by atoms with Crippen LogP contribution in [0.3, 0.4) is 0 Å². The molecule has 0 aliphatic rings. The minimum Gasteiger partial charge on any atom is -0.344 e. The van der Waals surface area contributed by atoms with E-state index in [0.717, 1.165) is 0 Å². The average molecular weight is 869 g/mol. The van der Waals surface area contributed by atoms with Crippen LogP contribution in [0.25, 0.3) is 132 Å². The molecule has 0 saturated heterocycles. The second-order valence-corrected chi connectivity index (χ2v) is 18.1. The molecule has 14 aromatic rings. The molecule has 8 aromatic carbocycles. The van der Waals surface area contributed by atoms with Gasteiger partial charge in [0.15, 0.2) is 0 Å². The summed E-state index contributed by atoms with van der Waals surface area (Å²) in [6, 6.07) is 57.0. The molecule has 0 radical (unpaired) electrons. The molecule has 67 heavy (non-hydrogen) atoms. The minimum absolute atomic E-state index is 1.20. The van der Waals surface area contributed by atoms with Crippen LogP contribution in [0.2, 0.25) is 0 Å². The highest BCUT2D eigenvalue weighted by molar-refractivity contribution is 6.23. The number of para-hydroxylation sites is 5. The van der Waals surface area contributed by atoms with Gasteiger partial charge < -0.3 is 27.4 Å². The van der Waals surface area contributed by atoms with Crippen molar-refractivity contribution in [3.05, 3.63) is 182 Å². The van der Waals surface area contributed by atoms with E-state index in [1.165, 1.54) is 131 Å². The Bertz CT molecular complexity index is 4190. The van der Waals surface area contributed by atoms with E-state index >= 15 is 0 Å². The first-order valence-electron chi connectivity index (χ1n) is 23.1. The first-order chi connectivity index (χ1) is 32.7. The molecule has 0 unspecified atom stereocenters. The number of hydrogen-bond donors (Lipinski definition) is 0. The minimum atomic E-state index is 1.20. The van der Waals surface area contributed by atoms with Crippen LogP contribution >= 0.6 is 0 Å². The Labute approximate surface area is 388 Å². The van der Waals surface area contributed by atoms with E-state index < -0.39 is 0 Å². The number of aryl methyl sites for hydroxylation is 6. The number of benzene rings is 8. The highest BCUT2D eigenvalue weighted by Gasteiger charge is 2.18. The molecule has 14 rings (SSSR count). The quantitative estimate of drug-likeness (QED) is 0.166. The highest BCUT2D eigenvalue weighted by atomic mass is 15.0. The van der Waals surface area contributed by atoms with E-state index in [9.17, 15) is 0 Å². The number of hydrogen-bond acceptors (Lipinski definition) is 0. The number of fused-ring (bicyclic) bond motifs is 17. The van der Waals surface area contributed by atoms with Crippen molar-refractivity contribution in [3.8, 4) is 0 Å². The second kappa shape index (κ2) is 15.2. The van der Waals surface area contributed by atoms with Crippen LogP contribution in [-0.2, 0) is 42.3 Å². The molecule has 0 fully saturated rings. The summed E-state index contributed by atoms with van der Waals surface area (Å²) in [6.45, 7) is 6.08. The van der Waals surface area contributed by atoms with Gasteiger partial charge in [0.05, 0.1) is 22.1 Å². The zero-order valence-corrected chi connectivity index (χ0v) is 39.1. The Morgan fingerprint density at radius 2 is 0.642 bits per heavy atom. The monoisotopic (exact) mass is 868 g/mol. The Kier molecular flexibility index (Phi) is 9.13. The molecule has 6 heteroatoms. The third-order valence-corrected chi connectivity index (χ3v) is 14.7. The van der Waals surface area contributed by atoms with Gasteiger partial charge in [-0.15, -0.1) is 0 Å². The number of rotatable bonds is 2. The number of aromatic nitrogens is 6. The summed E-state index contributed by atoms with van der Waals surface area (Å²) in [5, 5.41) is 14.5. The van der Waals surface area contributed by atoms with Crippen LogP contribution in [0.15, 0.2) is 170 Å². The van der Waals surface area contributed by atoms with Crippen LogP contribution in [0.5, 0.6) is 0 Å². The largest absolute Gasteiger partial charge is 0.344 e. The highest BCUT2D eigenvalue weighted by Crippen LogP contribution is 2.39. The first kappa shape index (κ1) is 40.3. The molecule has 0 bridgehead atoms. The van der Waals surface area contributed by atoms with Gasteiger partial charge in [0.1, 0.15) is 0 Å². The smallest absolute Gasteiger partial charge is 0.0736 e. The lowest BCUT2D eigenvalue weighted by Gasteiger charge is -2.03. The van der Waals surface area contributed by atoms with Crippen LogP contribution in [0.1, 0.15) is 18.2 Å². The topological polar surface area (TPSA) is 29.6 Å². The normalized spacial score (nSPS) is 12.1. The van der Waals surface area contributed by atoms with E-state index in [2.05, 4.69) is 253 Å². The van der Waals surface area contributed by atoms with Gasteiger partial charge in [-0.2, -0.15) is 0 Å². The molecular formula is C61H52N6. The lowest BCUT2D eigenvalue weighted by Crippen LogP contribution is -1.92. The van der Waals surface area contributed by atoms with Gasteiger partial charge in [0.2, 0.25) is 0 Å². The van der Waals surface area contributed by atoms with Gasteiger partial charge in [0, 0.05) is 151 Å². The van der Waals surface area contributed by atoms with E-state index in [-0.39, 0.29) is 0 Å². The summed E-state index contributed by atoms with van der Waals surface area (Å²) in [6.07, 6.45) is 6.20. The fourth-order valence-corrected chi connectivity index (χ4v) is 11.4. The summed E-state index contributed by atoms with van der Waals surface area (Å²) in [7, 11) is 12.9. The maximum atomic E-state index is 4.03. The summed E-state index contributed by atoms with van der Waals surface area (Å²) in [4.78, 5) is 0. The predicted molar refractivity (Wildman–Crippen MR) is 291 cm³/mol. The van der Waals surface area contributed by atoms with Crippen molar-refractivity contribution in [1.29, 1.82) is 0 Å². The summed E-state index contributed by atoms with van der Waals surface area (Å²) in [5.74, 6) is 0. The van der Waals surface area contributed by atoms with Gasteiger partial charge >= 0.3 is 0 Å². The van der Waals surface area contributed by atoms with Crippen LogP contribution in [0, 0.1) is 0 Å². The van der Waals surface area contributed by atoms with Crippen molar-refractivity contribution in [3.63, 3.8) is 0 Å². The Balaban J connectivity index is 0.000000105. The lowest BCUT2D eigenvalue weighted by molar-refractivity contribution is 0.953. The van der Waals surface area contributed by atoms with Crippen molar-refractivity contribution < 1.29 is 0 Å². The zero-order chi connectivity index (χ0) is 45.8. The molecule has 0 amide bonds. The van der Waals surface area contributed by atoms with Gasteiger partial charge in [-0.3, -0.25) is 0 Å². The van der Waals surface area contributed by atoms with Gasteiger partial charge in [-0.1, -0.05) is 122 Å².